The van der Waals surface area contributed by atoms with Crippen LogP contribution in [0.3, 0.4) is 0 Å². The maximum atomic E-state index is 12.9. The van der Waals surface area contributed by atoms with Crippen molar-refractivity contribution in [2.45, 2.75) is 18.0 Å². The summed E-state index contributed by atoms with van der Waals surface area (Å²) in [6.07, 6.45) is 1.32. The molecule has 1 N–H and O–H groups in total. The Kier molecular flexibility index (Phi) is 7.82. The second-order valence-corrected chi connectivity index (χ2v) is 10.1. The maximum Gasteiger partial charge on any atom is 0.332 e. The highest BCUT2D eigenvalue weighted by atomic mass is 35.5. The Balaban J connectivity index is 0.00000361. The molecule has 0 radical (unpaired) electrons. The summed E-state index contributed by atoms with van der Waals surface area (Å²) in [6, 6.07) is 15.1. The van der Waals surface area contributed by atoms with E-state index in [9.17, 15) is 22.8 Å². The third-order valence-corrected chi connectivity index (χ3v) is 7.44. The van der Waals surface area contributed by atoms with E-state index in [1.165, 1.54) is 65.2 Å². The molecule has 2 heterocycles. The summed E-state index contributed by atoms with van der Waals surface area (Å²) in [4.78, 5) is 41.4. The number of sulfonamides is 1. The van der Waals surface area contributed by atoms with Gasteiger partial charge in [0.2, 0.25) is 15.9 Å². The van der Waals surface area contributed by atoms with Gasteiger partial charge in [0.05, 0.1) is 11.2 Å². The molecule has 0 saturated heterocycles. The number of imidazole rings is 1. The molecule has 2 aromatic carbocycles. The number of rotatable bonds is 7. The standard InChI is InChI=1S/C23H24N6O5S.ClH/c1-26(13-16-7-5-4-6-8-16)35(33,34)18-11-9-17(10-12-18)25-19(30)14-29-15-24-21-20(29)22(31)28(3)23(32)27(21)2;/h4-12,15H,13-14H2,1-3H3,(H,25,30);1H. The molecular formula is C23H25ClN6O5S. The Bertz CT molecular complexity index is 1630. The number of hydrogen-bond donors (Lipinski definition) is 1. The number of amides is 1. The number of anilines is 1. The van der Waals surface area contributed by atoms with E-state index in [2.05, 4.69) is 10.3 Å². The summed E-state index contributed by atoms with van der Waals surface area (Å²) in [5, 5.41) is 2.68. The lowest BCUT2D eigenvalue weighted by Gasteiger charge is -2.17. The highest BCUT2D eigenvalue weighted by Crippen LogP contribution is 2.19. The predicted molar refractivity (Wildman–Crippen MR) is 138 cm³/mol. The fraction of sp³-hybridized carbons (Fsp3) is 0.217. The topological polar surface area (TPSA) is 128 Å². The Morgan fingerprint density at radius 3 is 2.28 bits per heavy atom. The van der Waals surface area contributed by atoms with Gasteiger partial charge in [0.25, 0.3) is 5.56 Å². The SMILES string of the molecule is CN(Cc1ccccc1)S(=O)(=O)c1ccc(NC(=O)Cn2cnc3c2c(=O)n(C)c(=O)n3C)cc1.Cl. The number of hydrogen-bond acceptors (Lipinski definition) is 6. The van der Waals surface area contributed by atoms with E-state index in [0.29, 0.717) is 5.69 Å². The van der Waals surface area contributed by atoms with Gasteiger partial charge in [0.1, 0.15) is 6.54 Å². The van der Waals surface area contributed by atoms with Gasteiger partial charge in [-0.05, 0) is 29.8 Å². The van der Waals surface area contributed by atoms with Crippen molar-refractivity contribution in [2.24, 2.45) is 14.1 Å². The molecule has 0 bridgehead atoms. The van der Waals surface area contributed by atoms with Crippen LogP contribution in [-0.2, 0) is 42.0 Å². The molecule has 11 nitrogen and oxygen atoms in total. The molecule has 2 aromatic heterocycles. The van der Waals surface area contributed by atoms with E-state index in [4.69, 9.17) is 0 Å². The Hall–Kier alpha value is -3.74. The van der Waals surface area contributed by atoms with Crippen LogP contribution in [0.2, 0.25) is 0 Å². The number of nitrogens with one attached hydrogen (secondary N) is 1. The third-order valence-electron chi connectivity index (χ3n) is 5.63. The van der Waals surface area contributed by atoms with E-state index in [-0.39, 0.29) is 41.6 Å². The summed E-state index contributed by atoms with van der Waals surface area (Å²) in [5.74, 6) is -0.447. The van der Waals surface area contributed by atoms with Crippen molar-refractivity contribution < 1.29 is 13.2 Å². The maximum absolute atomic E-state index is 12.9. The second kappa shape index (κ2) is 10.5. The first-order valence-corrected chi connectivity index (χ1v) is 12.0. The number of carbonyl (C=O) groups is 1. The molecule has 0 spiro atoms. The van der Waals surface area contributed by atoms with Gasteiger partial charge in [-0.25, -0.2) is 18.2 Å². The molecule has 13 heteroatoms. The smallest absolute Gasteiger partial charge is 0.325 e. The monoisotopic (exact) mass is 532 g/mol. The van der Waals surface area contributed by atoms with Crippen molar-refractivity contribution in [3.63, 3.8) is 0 Å². The normalized spacial score (nSPS) is 11.4. The van der Waals surface area contributed by atoms with Gasteiger partial charge in [0.15, 0.2) is 11.2 Å². The minimum Gasteiger partial charge on any atom is -0.325 e. The first-order valence-electron chi connectivity index (χ1n) is 10.6. The molecule has 36 heavy (non-hydrogen) atoms. The van der Waals surface area contributed by atoms with E-state index < -0.39 is 27.2 Å². The quantitative estimate of drug-likeness (QED) is 0.382. The van der Waals surface area contributed by atoms with Crippen molar-refractivity contribution >= 4 is 45.2 Å². The van der Waals surface area contributed by atoms with Crippen molar-refractivity contribution in [1.29, 1.82) is 0 Å². The lowest BCUT2D eigenvalue weighted by atomic mass is 10.2. The minimum atomic E-state index is -3.72. The van der Waals surface area contributed by atoms with Crippen LogP contribution in [0.5, 0.6) is 0 Å². The van der Waals surface area contributed by atoms with Gasteiger partial charge in [-0.3, -0.25) is 18.7 Å². The fourth-order valence-corrected chi connectivity index (χ4v) is 4.85. The Morgan fingerprint density at radius 1 is 1.00 bits per heavy atom. The van der Waals surface area contributed by atoms with Crippen LogP contribution >= 0.6 is 12.4 Å². The average molecular weight is 533 g/mol. The van der Waals surface area contributed by atoms with Crippen molar-refractivity contribution in [1.82, 2.24) is 23.0 Å². The second-order valence-electron chi connectivity index (χ2n) is 8.07. The number of carbonyl (C=O) groups excluding carboxylic acids is 1. The molecule has 4 rings (SSSR count). The van der Waals surface area contributed by atoms with Gasteiger partial charge in [-0.1, -0.05) is 30.3 Å². The molecule has 0 fully saturated rings. The van der Waals surface area contributed by atoms with Crippen LogP contribution in [0, 0.1) is 0 Å². The minimum absolute atomic E-state index is 0. The van der Waals surface area contributed by atoms with Crippen molar-refractivity contribution in [3.05, 3.63) is 87.3 Å². The van der Waals surface area contributed by atoms with E-state index in [0.717, 1.165) is 10.1 Å². The highest BCUT2D eigenvalue weighted by Gasteiger charge is 2.21. The Morgan fingerprint density at radius 2 is 1.64 bits per heavy atom. The van der Waals surface area contributed by atoms with Crippen LogP contribution in [0.4, 0.5) is 5.69 Å². The number of nitrogens with zero attached hydrogens (tertiary/aromatic N) is 5. The summed E-state index contributed by atoms with van der Waals surface area (Å²) in [5.41, 5.74) is 0.505. The van der Waals surface area contributed by atoms with Gasteiger partial charge in [-0.15, -0.1) is 12.4 Å². The van der Waals surface area contributed by atoms with Crippen LogP contribution in [0.15, 0.2) is 75.4 Å². The zero-order chi connectivity index (χ0) is 25.3. The molecule has 190 valence electrons. The molecule has 4 aromatic rings. The molecule has 0 aliphatic carbocycles. The summed E-state index contributed by atoms with van der Waals surface area (Å²) >= 11 is 0. The lowest BCUT2D eigenvalue weighted by molar-refractivity contribution is -0.116. The number of halogens is 1. The molecule has 0 saturated carbocycles. The van der Waals surface area contributed by atoms with Gasteiger partial charge in [0, 0.05) is 33.4 Å². The number of aryl methyl sites for hydroxylation is 1. The van der Waals surface area contributed by atoms with Crippen LogP contribution in [0.25, 0.3) is 11.2 Å². The van der Waals surface area contributed by atoms with Crippen molar-refractivity contribution in [3.8, 4) is 0 Å². The third kappa shape index (κ3) is 5.10. The molecule has 0 aliphatic rings. The largest absolute Gasteiger partial charge is 0.332 e. The van der Waals surface area contributed by atoms with Crippen LogP contribution in [0.1, 0.15) is 5.56 Å². The molecule has 1 amide bonds. The molecule has 0 aliphatic heterocycles. The van der Waals surface area contributed by atoms with Crippen LogP contribution in [-0.4, -0.2) is 44.4 Å². The van der Waals surface area contributed by atoms with E-state index in [1.54, 1.807) is 0 Å². The van der Waals surface area contributed by atoms with Gasteiger partial charge < -0.3 is 9.88 Å². The lowest BCUT2D eigenvalue weighted by Crippen LogP contribution is -2.37. The predicted octanol–water partition coefficient (Wildman–Crippen LogP) is 1.31. The summed E-state index contributed by atoms with van der Waals surface area (Å²) in [7, 11) is 0.637. The van der Waals surface area contributed by atoms with Crippen molar-refractivity contribution in [2.75, 3.05) is 12.4 Å². The zero-order valence-corrected chi connectivity index (χ0v) is 21.4. The first kappa shape index (κ1) is 26.9. The zero-order valence-electron chi connectivity index (χ0n) is 19.8. The number of fused-ring (bicyclic) bond motifs is 1. The number of aromatic nitrogens is 4. The highest BCUT2D eigenvalue weighted by molar-refractivity contribution is 7.89. The summed E-state index contributed by atoms with van der Waals surface area (Å²) in [6.45, 7) is 0.00932. The molecule has 0 atom stereocenters. The molecule has 0 unspecified atom stereocenters. The van der Waals surface area contributed by atoms with Gasteiger partial charge in [-0.2, -0.15) is 4.31 Å². The van der Waals surface area contributed by atoms with E-state index >= 15 is 0 Å². The van der Waals surface area contributed by atoms with Crippen LogP contribution < -0.4 is 16.6 Å². The Labute approximate surface area is 213 Å². The number of benzene rings is 2. The fourth-order valence-electron chi connectivity index (χ4n) is 3.69. The van der Waals surface area contributed by atoms with E-state index in [1.807, 2.05) is 30.3 Å². The average Bonchev–Trinajstić information content (AvgIpc) is 3.25. The molecular weight excluding hydrogens is 508 g/mol. The summed E-state index contributed by atoms with van der Waals surface area (Å²) < 4.78 is 30.6. The van der Waals surface area contributed by atoms with Gasteiger partial charge >= 0.3 is 5.69 Å². The first-order chi connectivity index (χ1) is 16.6.